The number of nitrogens with zero attached hydrogens (tertiary/aromatic N) is 3. The minimum atomic E-state index is -0.0931. The lowest BCUT2D eigenvalue weighted by Gasteiger charge is -2.44. The van der Waals surface area contributed by atoms with E-state index in [1.807, 2.05) is 18.1 Å². The normalized spacial score (nSPS) is 24.9. The molecule has 2 atom stereocenters. The molecule has 0 spiro atoms. The zero-order valence-electron chi connectivity index (χ0n) is 18.4. The first kappa shape index (κ1) is 21.4. The van der Waals surface area contributed by atoms with Crippen LogP contribution in [0.5, 0.6) is 5.75 Å². The molecule has 166 valence electrons. The molecular weight excluding hydrogens is 380 g/mol. The van der Waals surface area contributed by atoms with Gasteiger partial charge in [0.05, 0.1) is 6.61 Å². The molecule has 3 heterocycles. The molecular formula is C23H36N4O3. The number of hydrogen-bond acceptors (Lipinski definition) is 5. The molecule has 1 aliphatic carbocycles. The van der Waals surface area contributed by atoms with E-state index < -0.39 is 0 Å². The molecule has 1 N–H and O–H groups in total. The summed E-state index contributed by atoms with van der Waals surface area (Å²) in [6, 6.07) is 2.41. The third-order valence-electron chi connectivity index (χ3n) is 7.04. The van der Waals surface area contributed by atoms with Crippen LogP contribution < -0.4 is 10.1 Å². The Balaban J connectivity index is 1.29. The maximum Gasteiger partial charge on any atom is 0.222 e. The van der Waals surface area contributed by atoms with E-state index in [-0.39, 0.29) is 18.1 Å². The summed E-state index contributed by atoms with van der Waals surface area (Å²) in [5, 5.41) is 3.51. The second-order valence-corrected chi connectivity index (χ2v) is 8.95. The third-order valence-corrected chi connectivity index (χ3v) is 7.04. The fourth-order valence-electron chi connectivity index (χ4n) is 5.27. The van der Waals surface area contributed by atoms with Gasteiger partial charge in [-0.3, -0.25) is 19.8 Å². The average Bonchev–Trinajstić information content (AvgIpc) is 3.19. The molecule has 1 aromatic heterocycles. The summed E-state index contributed by atoms with van der Waals surface area (Å²) >= 11 is 0. The Morgan fingerprint density at radius 2 is 2.10 bits per heavy atom. The van der Waals surface area contributed by atoms with Crippen molar-refractivity contribution in [3.8, 4) is 5.75 Å². The number of ether oxygens (including phenoxy) is 1. The topological polar surface area (TPSA) is 66.8 Å². The first-order valence-electron chi connectivity index (χ1n) is 11.7. The second-order valence-electron chi connectivity index (χ2n) is 8.95. The van der Waals surface area contributed by atoms with Crippen molar-refractivity contribution in [1.29, 1.82) is 0 Å². The van der Waals surface area contributed by atoms with Crippen LogP contribution in [0.2, 0.25) is 0 Å². The molecule has 0 radical (unpaired) electrons. The van der Waals surface area contributed by atoms with Crippen molar-refractivity contribution in [3.05, 3.63) is 18.0 Å². The molecule has 0 bridgehead atoms. The lowest BCUT2D eigenvalue weighted by molar-refractivity contribution is -0.133. The summed E-state index contributed by atoms with van der Waals surface area (Å²) < 4.78 is 8.16. The lowest BCUT2D eigenvalue weighted by Crippen LogP contribution is -2.58. The number of ketones is 1. The molecule has 3 aliphatic rings. The Labute approximate surface area is 179 Å². The maximum absolute atomic E-state index is 12.5. The van der Waals surface area contributed by atoms with Gasteiger partial charge in [0.25, 0.3) is 0 Å². The number of likely N-dealkylation sites (N-methyl/N-ethyl adjacent to an activating group) is 1. The average molecular weight is 417 g/mol. The monoisotopic (exact) mass is 416 g/mol. The highest BCUT2D eigenvalue weighted by molar-refractivity contribution is 5.85. The second kappa shape index (κ2) is 9.52. The van der Waals surface area contributed by atoms with Crippen molar-refractivity contribution in [2.24, 2.45) is 0 Å². The molecule has 7 nitrogen and oxygen atoms in total. The highest BCUT2D eigenvalue weighted by Crippen LogP contribution is 2.32. The standard InChI is InChI=1S/C23H36N4O3/c1-3-26-15-18-14-19(16-27(18)23-22(26)20(28)11-12-24-23)30-13-7-10-21(29)25(2)17-8-5-4-6-9-17/h14,16-17,22-24H,3-13,15H2,1-2H3. The number of Topliss-reactive ketones (excluding diaryl/α,β-unsaturated/α-hetero) is 1. The highest BCUT2D eigenvalue weighted by Gasteiger charge is 2.41. The summed E-state index contributed by atoms with van der Waals surface area (Å²) in [7, 11) is 1.95. The molecule has 30 heavy (non-hydrogen) atoms. The first-order chi connectivity index (χ1) is 14.6. The molecule has 1 saturated carbocycles. The van der Waals surface area contributed by atoms with Gasteiger partial charge in [0.15, 0.2) is 5.78 Å². The van der Waals surface area contributed by atoms with E-state index in [4.69, 9.17) is 4.74 Å². The molecule has 7 heteroatoms. The Hall–Kier alpha value is -1.86. The largest absolute Gasteiger partial charge is 0.492 e. The van der Waals surface area contributed by atoms with Gasteiger partial charge in [0, 0.05) is 57.0 Å². The summed E-state index contributed by atoms with van der Waals surface area (Å²) in [6.07, 6.45) is 9.91. The predicted octanol–water partition coefficient (Wildman–Crippen LogP) is 2.70. The van der Waals surface area contributed by atoms with Gasteiger partial charge in [-0.2, -0.15) is 0 Å². The van der Waals surface area contributed by atoms with E-state index in [0.29, 0.717) is 31.3 Å². The number of hydrogen-bond donors (Lipinski definition) is 1. The molecule has 2 aliphatic heterocycles. The van der Waals surface area contributed by atoms with E-state index in [2.05, 4.69) is 27.8 Å². The van der Waals surface area contributed by atoms with E-state index in [1.165, 1.54) is 25.0 Å². The van der Waals surface area contributed by atoms with Crippen LogP contribution >= 0.6 is 0 Å². The number of amides is 1. The minimum absolute atomic E-state index is 0.0157. The van der Waals surface area contributed by atoms with E-state index >= 15 is 0 Å². The predicted molar refractivity (Wildman–Crippen MR) is 115 cm³/mol. The molecule has 0 aromatic carbocycles. The fourth-order valence-corrected chi connectivity index (χ4v) is 5.27. The van der Waals surface area contributed by atoms with Gasteiger partial charge in [0.2, 0.25) is 5.91 Å². The third kappa shape index (κ3) is 4.42. The number of fused-ring (bicyclic) bond motifs is 3. The lowest BCUT2D eigenvalue weighted by atomic mass is 9.94. The van der Waals surface area contributed by atoms with Gasteiger partial charge in [-0.05, 0) is 25.8 Å². The summed E-state index contributed by atoms with van der Waals surface area (Å²) in [5.74, 6) is 1.38. The molecule has 1 amide bonds. The highest BCUT2D eigenvalue weighted by atomic mass is 16.5. The van der Waals surface area contributed by atoms with E-state index in [1.54, 1.807) is 0 Å². The molecule has 2 fully saturated rings. The van der Waals surface area contributed by atoms with Crippen LogP contribution in [0.3, 0.4) is 0 Å². The Kier molecular flexibility index (Phi) is 6.78. The SMILES string of the molecule is CCN1Cc2cc(OCCCC(=O)N(C)C3CCCCC3)cn2C2NCCC(=O)C21. The number of piperidine rings is 1. The van der Waals surface area contributed by atoms with Gasteiger partial charge in [-0.25, -0.2) is 0 Å². The fraction of sp³-hybridized carbons (Fsp3) is 0.739. The van der Waals surface area contributed by atoms with Crippen LogP contribution in [0.4, 0.5) is 0 Å². The van der Waals surface area contributed by atoms with E-state index in [0.717, 1.165) is 44.6 Å². The van der Waals surface area contributed by atoms with Crippen molar-refractivity contribution in [2.75, 3.05) is 26.7 Å². The summed E-state index contributed by atoms with van der Waals surface area (Å²) in [4.78, 5) is 29.2. The molecule has 2 unspecified atom stereocenters. The van der Waals surface area contributed by atoms with Crippen LogP contribution in [0.1, 0.15) is 70.2 Å². The van der Waals surface area contributed by atoms with Crippen LogP contribution in [0, 0.1) is 0 Å². The van der Waals surface area contributed by atoms with Gasteiger partial charge < -0.3 is 14.2 Å². The Morgan fingerprint density at radius 3 is 2.87 bits per heavy atom. The Morgan fingerprint density at radius 1 is 1.30 bits per heavy atom. The number of aromatic nitrogens is 1. The van der Waals surface area contributed by atoms with Crippen molar-refractivity contribution >= 4 is 11.7 Å². The van der Waals surface area contributed by atoms with Crippen molar-refractivity contribution in [1.82, 2.24) is 19.7 Å². The van der Waals surface area contributed by atoms with Crippen LogP contribution in [-0.4, -0.2) is 64.9 Å². The van der Waals surface area contributed by atoms with Crippen molar-refractivity contribution in [2.45, 2.75) is 83.1 Å². The summed E-state index contributed by atoms with van der Waals surface area (Å²) in [5.41, 5.74) is 1.17. The first-order valence-corrected chi connectivity index (χ1v) is 11.7. The molecule has 4 rings (SSSR count). The number of rotatable bonds is 7. The minimum Gasteiger partial charge on any atom is -0.492 e. The van der Waals surface area contributed by atoms with Crippen LogP contribution in [0.15, 0.2) is 12.3 Å². The van der Waals surface area contributed by atoms with Gasteiger partial charge in [-0.1, -0.05) is 26.2 Å². The van der Waals surface area contributed by atoms with Crippen LogP contribution in [0.25, 0.3) is 0 Å². The number of nitrogens with one attached hydrogen (secondary N) is 1. The van der Waals surface area contributed by atoms with Crippen molar-refractivity contribution < 1.29 is 14.3 Å². The molecule has 1 saturated heterocycles. The van der Waals surface area contributed by atoms with Crippen molar-refractivity contribution in [3.63, 3.8) is 0 Å². The smallest absolute Gasteiger partial charge is 0.222 e. The number of carbonyl (C=O) groups is 2. The van der Waals surface area contributed by atoms with Gasteiger partial charge in [-0.15, -0.1) is 0 Å². The quantitative estimate of drug-likeness (QED) is 0.693. The van der Waals surface area contributed by atoms with Crippen LogP contribution in [-0.2, 0) is 16.1 Å². The zero-order chi connectivity index (χ0) is 21.1. The Bertz CT molecular complexity index is 756. The molecule has 1 aromatic rings. The van der Waals surface area contributed by atoms with Gasteiger partial charge in [0.1, 0.15) is 18.0 Å². The number of carbonyl (C=O) groups excluding carboxylic acids is 2. The zero-order valence-corrected chi connectivity index (χ0v) is 18.4. The van der Waals surface area contributed by atoms with E-state index in [9.17, 15) is 9.59 Å². The maximum atomic E-state index is 12.5. The van der Waals surface area contributed by atoms with Gasteiger partial charge >= 0.3 is 0 Å². The summed E-state index contributed by atoms with van der Waals surface area (Å²) in [6.45, 7) is 4.98.